The maximum Gasteiger partial charge on any atom is 0.336 e. The predicted octanol–water partition coefficient (Wildman–Crippen LogP) is 1.98. The lowest BCUT2D eigenvalue weighted by molar-refractivity contribution is 0.0699. The Kier molecular flexibility index (Phi) is 2.92. The van der Waals surface area contributed by atoms with Crippen LogP contribution in [0.4, 0.5) is 0 Å². The van der Waals surface area contributed by atoms with E-state index in [0.29, 0.717) is 12.1 Å². The van der Waals surface area contributed by atoms with Gasteiger partial charge in [0.1, 0.15) is 0 Å². The summed E-state index contributed by atoms with van der Waals surface area (Å²) in [6.07, 6.45) is 1.86. The summed E-state index contributed by atoms with van der Waals surface area (Å²) >= 11 is 0. The fourth-order valence-electron chi connectivity index (χ4n) is 1.83. The Bertz CT molecular complexity index is 517. The van der Waals surface area contributed by atoms with Gasteiger partial charge in [-0.05, 0) is 24.2 Å². The lowest BCUT2D eigenvalue weighted by atomic mass is 10.1. The number of aromatic carboxylic acids is 1. The number of carboxylic acids is 1. The molecule has 4 nitrogen and oxygen atoms in total. The van der Waals surface area contributed by atoms with E-state index in [4.69, 9.17) is 5.11 Å². The number of benzene rings is 1. The lowest BCUT2D eigenvalue weighted by Crippen LogP contribution is -2.11. The summed E-state index contributed by atoms with van der Waals surface area (Å²) < 4.78 is 0. The van der Waals surface area contributed by atoms with Gasteiger partial charge in [-0.25, -0.2) is 4.79 Å². The number of carbonyl (C=O) groups is 1. The summed E-state index contributed by atoms with van der Waals surface area (Å²) in [7, 11) is 0. The first-order valence-corrected chi connectivity index (χ1v) is 5.27. The highest BCUT2D eigenvalue weighted by atomic mass is 16.4. The van der Waals surface area contributed by atoms with Gasteiger partial charge < -0.3 is 15.4 Å². The number of aromatic nitrogens is 1. The molecule has 1 aromatic carbocycles. The molecule has 2 aromatic rings. The molecule has 0 saturated heterocycles. The minimum absolute atomic E-state index is 0.353. The Morgan fingerprint density at radius 1 is 1.50 bits per heavy atom. The van der Waals surface area contributed by atoms with Crippen molar-refractivity contribution in [2.24, 2.45) is 0 Å². The highest BCUT2D eigenvalue weighted by Gasteiger charge is 2.12. The van der Waals surface area contributed by atoms with Crippen molar-refractivity contribution in [3.05, 3.63) is 35.5 Å². The molecule has 0 spiro atoms. The zero-order valence-corrected chi connectivity index (χ0v) is 9.08. The van der Waals surface area contributed by atoms with Crippen LogP contribution < -0.4 is 5.32 Å². The molecule has 0 fully saturated rings. The van der Waals surface area contributed by atoms with Gasteiger partial charge in [0.2, 0.25) is 0 Å². The molecule has 3 N–H and O–H groups in total. The van der Waals surface area contributed by atoms with Gasteiger partial charge in [-0.15, -0.1) is 0 Å². The lowest BCUT2D eigenvalue weighted by Gasteiger charge is -2.02. The molecule has 1 heterocycles. The zero-order valence-electron chi connectivity index (χ0n) is 9.08. The molecule has 0 radical (unpaired) electrons. The molecule has 4 heteroatoms. The maximum absolute atomic E-state index is 11.1. The van der Waals surface area contributed by atoms with Gasteiger partial charge in [0.25, 0.3) is 0 Å². The third kappa shape index (κ3) is 1.79. The third-order valence-electron chi connectivity index (χ3n) is 2.58. The quantitative estimate of drug-likeness (QED) is 0.735. The van der Waals surface area contributed by atoms with Crippen molar-refractivity contribution in [2.45, 2.75) is 13.5 Å². The minimum Gasteiger partial charge on any atom is -0.478 e. The molecule has 0 aliphatic heterocycles. The molecule has 2 rings (SSSR count). The molecular formula is C12H14N2O2. The molecule has 84 valence electrons. The topological polar surface area (TPSA) is 65.1 Å². The van der Waals surface area contributed by atoms with E-state index >= 15 is 0 Å². The Balaban J connectivity index is 2.54. The van der Waals surface area contributed by atoms with E-state index in [0.717, 1.165) is 23.0 Å². The van der Waals surface area contributed by atoms with Gasteiger partial charge in [-0.3, -0.25) is 0 Å². The monoisotopic (exact) mass is 218 g/mol. The number of nitrogens with one attached hydrogen (secondary N) is 2. The van der Waals surface area contributed by atoms with Crippen molar-refractivity contribution in [2.75, 3.05) is 6.54 Å². The van der Waals surface area contributed by atoms with E-state index in [1.807, 2.05) is 19.2 Å². The van der Waals surface area contributed by atoms with Crippen LogP contribution in [-0.4, -0.2) is 22.6 Å². The molecule has 0 bridgehead atoms. The highest BCUT2D eigenvalue weighted by Crippen LogP contribution is 2.22. The Hall–Kier alpha value is -1.81. The van der Waals surface area contributed by atoms with E-state index in [-0.39, 0.29) is 0 Å². The summed E-state index contributed by atoms with van der Waals surface area (Å²) in [6, 6.07) is 5.27. The Labute approximate surface area is 93.3 Å². The van der Waals surface area contributed by atoms with Crippen LogP contribution in [0.25, 0.3) is 10.9 Å². The van der Waals surface area contributed by atoms with E-state index in [1.165, 1.54) is 0 Å². The van der Waals surface area contributed by atoms with Crippen LogP contribution in [0.15, 0.2) is 24.4 Å². The minimum atomic E-state index is -0.886. The second-order valence-electron chi connectivity index (χ2n) is 3.63. The smallest absolute Gasteiger partial charge is 0.336 e. The fourth-order valence-corrected chi connectivity index (χ4v) is 1.83. The largest absolute Gasteiger partial charge is 0.478 e. The van der Waals surface area contributed by atoms with Gasteiger partial charge in [-0.2, -0.15) is 0 Å². The molecule has 1 aromatic heterocycles. The molecule has 0 unspecified atom stereocenters. The first-order chi connectivity index (χ1) is 7.74. The second-order valence-corrected chi connectivity index (χ2v) is 3.63. The standard InChI is InChI=1S/C12H14N2O2/c1-2-13-6-8-7-14-10-5-3-4-9(11(8)10)12(15)16/h3-5,7,13-14H,2,6H2,1H3,(H,15,16). The van der Waals surface area contributed by atoms with Crippen LogP contribution in [-0.2, 0) is 6.54 Å². The first kappa shape index (κ1) is 10.7. The summed E-state index contributed by atoms with van der Waals surface area (Å²) in [5.41, 5.74) is 2.22. The maximum atomic E-state index is 11.1. The number of aromatic amines is 1. The summed E-state index contributed by atoms with van der Waals surface area (Å²) in [6.45, 7) is 3.57. The SMILES string of the molecule is CCNCc1c[nH]c2cccc(C(=O)O)c12. The fraction of sp³-hybridized carbons (Fsp3) is 0.250. The van der Waals surface area contributed by atoms with E-state index in [2.05, 4.69) is 10.3 Å². The normalized spacial score (nSPS) is 10.8. The van der Waals surface area contributed by atoms with Crippen molar-refractivity contribution < 1.29 is 9.90 Å². The van der Waals surface area contributed by atoms with Crippen molar-refractivity contribution >= 4 is 16.9 Å². The number of hydrogen-bond acceptors (Lipinski definition) is 2. The summed E-state index contributed by atoms with van der Waals surface area (Å²) in [5, 5.41) is 13.1. The molecular weight excluding hydrogens is 204 g/mol. The zero-order chi connectivity index (χ0) is 11.5. The van der Waals surface area contributed by atoms with E-state index < -0.39 is 5.97 Å². The van der Waals surface area contributed by atoms with Gasteiger partial charge in [0, 0.05) is 23.6 Å². The van der Waals surface area contributed by atoms with Crippen LogP contribution in [0, 0.1) is 0 Å². The second kappa shape index (κ2) is 4.37. The molecule has 0 amide bonds. The average Bonchev–Trinajstić information content (AvgIpc) is 2.69. The van der Waals surface area contributed by atoms with Gasteiger partial charge in [0.05, 0.1) is 5.56 Å². The van der Waals surface area contributed by atoms with Crippen LogP contribution >= 0.6 is 0 Å². The van der Waals surface area contributed by atoms with E-state index in [9.17, 15) is 4.79 Å². The molecule has 0 aliphatic carbocycles. The average molecular weight is 218 g/mol. The number of H-pyrrole nitrogens is 1. The van der Waals surface area contributed by atoms with Gasteiger partial charge in [0.15, 0.2) is 0 Å². The number of hydrogen-bond donors (Lipinski definition) is 3. The molecule has 0 atom stereocenters. The van der Waals surface area contributed by atoms with Crippen molar-refractivity contribution in [1.29, 1.82) is 0 Å². The summed E-state index contributed by atoms with van der Waals surface area (Å²) in [5.74, 6) is -0.886. The number of carboxylic acid groups (broad SMARTS) is 1. The van der Waals surface area contributed by atoms with Crippen LogP contribution in [0.3, 0.4) is 0 Å². The van der Waals surface area contributed by atoms with Crippen LogP contribution in [0.5, 0.6) is 0 Å². The first-order valence-electron chi connectivity index (χ1n) is 5.27. The molecule has 0 aliphatic rings. The van der Waals surface area contributed by atoms with Crippen molar-refractivity contribution in [3.63, 3.8) is 0 Å². The number of fused-ring (bicyclic) bond motifs is 1. The van der Waals surface area contributed by atoms with Crippen LogP contribution in [0.1, 0.15) is 22.8 Å². The highest BCUT2D eigenvalue weighted by molar-refractivity contribution is 6.04. The molecule has 0 saturated carbocycles. The van der Waals surface area contributed by atoms with Crippen LogP contribution in [0.2, 0.25) is 0 Å². The Morgan fingerprint density at radius 3 is 3.00 bits per heavy atom. The molecule has 16 heavy (non-hydrogen) atoms. The summed E-state index contributed by atoms with van der Waals surface area (Å²) in [4.78, 5) is 14.2. The Morgan fingerprint density at radius 2 is 2.31 bits per heavy atom. The van der Waals surface area contributed by atoms with Crippen molar-refractivity contribution in [1.82, 2.24) is 10.3 Å². The van der Waals surface area contributed by atoms with Gasteiger partial charge in [-0.1, -0.05) is 13.0 Å². The van der Waals surface area contributed by atoms with E-state index in [1.54, 1.807) is 12.1 Å². The third-order valence-corrected chi connectivity index (χ3v) is 2.58. The number of rotatable bonds is 4. The van der Waals surface area contributed by atoms with Crippen molar-refractivity contribution in [3.8, 4) is 0 Å². The predicted molar refractivity (Wildman–Crippen MR) is 62.6 cm³/mol. The van der Waals surface area contributed by atoms with Gasteiger partial charge >= 0.3 is 5.97 Å².